The summed E-state index contributed by atoms with van der Waals surface area (Å²) in [5.74, 6) is 0.111. The summed E-state index contributed by atoms with van der Waals surface area (Å²) in [5.41, 5.74) is 1.62. The van der Waals surface area contributed by atoms with Crippen molar-refractivity contribution in [2.45, 2.75) is 19.9 Å². The van der Waals surface area contributed by atoms with Crippen molar-refractivity contribution in [3.05, 3.63) is 29.6 Å². The number of rotatable bonds is 1. The highest BCUT2D eigenvalue weighted by Crippen LogP contribution is 2.10. The number of piperazine rings is 1. The van der Waals surface area contributed by atoms with Crippen LogP contribution in [0.3, 0.4) is 0 Å². The summed E-state index contributed by atoms with van der Waals surface area (Å²) in [4.78, 5) is 18.3. The maximum Gasteiger partial charge on any atom is 0.254 e. The molecule has 1 fully saturated rings. The highest BCUT2D eigenvalue weighted by molar-refractivity contribution is 5.94. The van der Waals surface area contributed by atoms with E-state index in [2.05, 4.69) is 17.2 Å². The van der Waals surface area contributed by atoms with E-state index in [1.807, 2.05) is 17.9 Å². The molecule has 1 aromatic heterocycles. The number of carbonyl (C=O) groups is 1. The van der Waals surface area contributed by atoms with E-state index in [1.54, 1.807) is 12.3 Å². The number of amides is 1. The van der Waals surface area contributed by atoms with E-state index in [4.69, 9.17) is 0 Å². The molecule has 0 bridgehead atoms. The minimum absolute atomic E-state index is 0.111. The van der Waals surface area contributed by atoms with Gasteiger partial charge in [-0.1, -0.05) is 0 Å². The lowest BCUT2D eigenvalue weighted by Gasteiger charge is -2.34. The van der Waals surface area contributed by atoms with Crippen LogP contribution >= 0.6 is 0 Å². The number of aromatic nitrogens is 1. The summed E-state index contributed by atoms with van der Waals surface area (Å²) in [6.07, 6.45) is 1.69. The van der Waals surface area contributed by atoms with Gasteiger partial charge in [0.25, 0.3) is 5.91 Å². The summed E-state index contributed by atoms with van der Waals surface area (Å²) in [5, 5.41) is 3.28. The van der Waals surface area contributed by atoms with Crippen molar-refractivity contribution in [2.24, 2.45) is 0 Å². The van der Waals surface area contributed by atoms with Crippen molar-refractivity contribution in [1.29, 1.82) is 0 Å². The zero-order valence-electron chi connectivity index (χ0n) is 9.73. The molecule has 1 saturated heterocycles. The maximum absolute atomic E-state index is 12.2. The van der Waals surface area contributed by atoms with Gasteiger partial charge >= 0.3 is 0 Å². The fraction of sp³-hybridized carbons (Fsp3) is 0.500. The largest absolute Gasteiger partial charge is 0.333 e. The quantitative estimate of drug-likeness (QED) is 0.760. The van der Waals surface area contributed by atoms with Gasteiger partial charge in [0.15, 0.2) is 0 Å². The zero-order valence-corrected chi connectivity index (χ0v) is 9.73. The molecule has 0 aliphatic carbocycles. The Morgan fingerprint density at radius 1 is 1.62 bits per heavy atom. The number of hydrogen-bond donors (Lipinski definition) is 1. The van der Waals surface area contributed by atoms with Crippen molar-refractivity contribution in [2.75, 3.05) is 19.6 Å². The fourth-order valence-electron chi connectivity index (χ4n) is 1.99. The SMILES string of the molecule is Cc1cc(C(=O)N2CCNCC2C)ccn1. The summed E-state index contributed by atoms with van der Waals surface area (Å²) < 4.78 is 0. The summed E-state index contributed by atoms with van der Waals surface area (Å²) >= 11 is 0. The van der Waals surface area contributed by atoms with Crippen LogP contribution in [0.5, 0.6) is 0 Å². The monoisotopic (exact) mass is 219 g/mol. The Kier molecular flexibility index (Phi) is 3.19. The minimum atomic E-state index is 0.111. The molecule has 86 valence electrons. The van der Waals surface area contributed by atoms with Gasteiger partial charge in [0.05, 0.1) is 0 Å². The van der Waals surface area contributed by atoms with Crippen molar-refractivity contribution < 1.29 is 4.79 Å². The van der Waals surface area contributed by atoms with Gasteiger partial charge in [0, 0.05) is 43.1 Å². The molecule has 2 rings (SSSR count). The molecule has 2 heterocycles. The van der Waals surface area contributed by atoms with E-state index in [9.17, 15) is 4.79 Å². The Bertz CT molecular complexity index is 392. The number of carbonyl (C=O) groups excluding carboxylic acids is 1. The molecule has 1 N–H and O–H groups in total. The van der Waals surface area contributed by atoms with E-state index in [1.165, 1.54) is 0 Å². The van der Waals surface area contributed by atoms with E-state index >= 15 is 0 Å². The van der Waals surface area contributed by atoms with Gasteiger partial charge in [0.2, 0.25) is 0 Å². The minimum Gasteiger partial charge on any atom is -0.333 e. The molecule has 1 aromatic rings. The third-order valence-electron chi connectivity index (χ3n) is 2.91. The van der Waals surface area contributed by atoms with E-state index in [0.29, 0.717) is 0 Å². The van der Waals surface area contributed by atoms with E-state index in [-0.39, 0.29) is 11.9 Å². The number of nitrogens with one attached hydrogen (secondary N) is 1. The van der Waals surface area contributed by atoms with Gasteiger partial charge in [-0.3, -0.25) is 9.78 Å². The first-order valence-electron chi connectivity index (χ1n) is 5.63. The number of aryl methyl sites for hydroxylation is 1. The topological polar surface area (TPSA) is 45.2 Å². The molecule has 1 amide bonds. The predicted octanol–water partition coefficient (Wildman–Crippen LogP) is 0.824. The molecule has 1 aliphatic heterocycles. The first-order chi connectivity index (χ1) is 7.68. The Morgan fingerprint density at radius 2 is 2.44 bits per heavy atom. The maximum atomic E-state index is 12.2. The van der Waals surface area contributed by atoms with Gasteiger partial charge in [-0.25, -0.2) is 0 Å². The molecule has 0 saturated carbocycles. The molecule has 4 heteroatoms. The second kappa shape index (κ2) is 4.61. The van der Waals surface area contributed by atoms with Gasteiger partial charge < -0.3 is 10.2 Å². The highest BCUT2D eigenvalue weighted by Gasteiger charge is 2.23. The van der Waals surface area contributed by atoms with Crippen LogP contribution in [0.15, 0.2) is 18.3 Å². The third kappa shape index (κ3) is 2.22. The zero-order chi connectivity index (χ0) is 11.5. The molecule has 0 spiro atoms. The smallest absolute Gasteiger partial charge is 0.254 e. The summed E-state index contributed by atoms with van der Waals surface area (Å²) in [6.45, 7) is 6.49. The third-order valence-corrected chi connectivity index (χ3v) is 2.91. The van der Waals surface area contributed by atoms with Crippen molar-refractivity contribution >= 4 is 5.91 Å². The molecule has 16 heavy (non-hydrogen) atoms. The van der Waals surface area contributed by atoms with Crippen molar-refractivity contribution in [3.63, 3.8) is 0 Å². The Morgan fingerprint density at radius 3 is 3.12 bits per heavy atom. The summed E-state index contributed by atoms with van der Waals surface area (Å²) in [7, 11) is 0. The Hall–Kier alpha value is -1.42. The van der Waals surface area contributed by atoms with Crippen LogP contribution in [0.25, 0.3) is 0 Å². The molecule has 4 nitrogen and oxygen atoms in total. The van der Waals surface area contributed by atoms with Crippen LogP contribution in [0, 0.1) is 6.92 Å². The van der Waals surface area contributed by atoms with Gasteiger partial charge in [-0.05, 0) is 26.0 Å². The fourth-order valence-corrected chi connectivity index (χ4v) is 1.99. The molecule has 0 radical (unpaired) electrons. The Balaban J connectivity index is 2.17. The molecular weight excluding hydrogens is 202 g/mol. The van der Waals surface area contributed by atoms with Crippen molar-refractivity contribution in [3.8, 4) is 0 Å². The van der Waals surface area contributed by atoms with Crippen LogP contribution in [0.4, 0.5) is 0 Å². The van der Waals surface area contributed by atoms with Gasteiger partial charge in [-0.2, -0.15) is 0 Å². The number of hydrogen-bond acceptors (Lipinski definition) is 3. The lowest BCUT2D eigenvalue weighted by molar-refractivity contribution is 0.0655. The Labute approximate surface area is 95.7 Å². The van der Waals surface area contributed by atoms with Crippen molar-refractivity contribution in [1.82, 2.24) is 15.2 Å². The molecular formula is C12H17N3O. The molecule has 0 aromatic carbocycles. The lowest BCUT2D eigenvalue weighted by atomic mass is 10.1. The first-order valence-corrected chi connectivity index (χ1v) is 5.63. The molecule has 1 atom stereocenters. The normalized spacial score (nSPS) is 20.9. The van der Waals surface area contributed by atoms with Crippen LogP contribution in [0.1, 0.15) is 23.0 Å². The van der Waals surface area contributed by atoms with E-state index in [0.717, 1.165) is 30.9 Å². The second-order valence-corrected chi connectivity index (χ2v) is 4.24. The average molecular weight is 219 g/mol. The molecule has 1 aliphatic rings. The number of pyridine rings is 1. The van der Waals surface area contributed by atoms with Gasteiger partial charge in [-0.15, -0.1) is 0 Å². The van der Waals surface area contributed by atoms with Crippen LogP contribution in [-0.4, -0.2) is 41.5 Å². The van der Waals surface area contributed by atoms with Gasteiger partial charge in [0.1, 0.15) is 0 Å². The lowest BCUT2D eigenvalue weighted by Crippen LogP contribution is -2.52. The number of nitrogens with zero attached hydrogens (tertiary/aromatic N) is 2. The standard InChI is InChI=1S/C12H17N3O/c1-9-7-11(3-4-14-9)12(16)15-6-5-13-8-10(15)2/h3-4,7,10,13H,5-6,8H2,1-2H3. The highest BCUT2D eigenvalue weighted by atomic mass is 16.2. The first kappa shape index (κ1) is 11.1. The van der Waals surface area contributed by atoms with Crippen LogP contribution in [-0.2, 0) is 0 Å². The van der Waals surface area contributed by atoms with E-state index < -0.39 is 0 Å². The predicted molar refractivity (Wildman–Crippen MR) is 62.3 cm³/mol. The second-order valence-electron chi connectivity index (χ2n) is 4.24. The molecule has 1 unspecified atom stereocenters. The van der Waals surface area contributed by atoms with Crippen LogP contribution in [0.2, 0.25) is 0 Å². The summed E-state index contributed by atoms with van der Waals surface area (Å²) in [6, 6.07) is 3.89. The van der Waals surface area contributed by atoms with Crippen LogP contribution < -0.4 is 5.32 Å². The average Bonchev–Trinajstić information content (AvgIpc) is 2.29.